The lowest BCUT2D eigenvalue weighted by Gasteiger charge is -2.08. The van der Waals surface area contributed by atoms with E-state index in [0.717, 1.165) is 12.3 Å². The molecule has 0 aromatic heterocycles. The fraction of sp³-hybridized carbons (Fsp3) is 0.538. The number of sulfonamides is 1. The number of benzene rings is 1. The third kappa shape index (κ3) is 5.48. The topological polar surface area (TPSA) is 81.4 Å². The average Bonchev–Trinajstić information content (AvgIpc) is 3.12. The summed E-state index contributed by atoms with van der Waals surface area (Å²) in [6.07, 6.45) is 3.41. The predicted octanol–water partition coefficient (Wildman–Crippen LogP) is 1.37. The van der Waals surface area contributed by atoms with Gasteiger partial charge in [-0.2, -0.15) is 0 Å². The van der Waals surface area contributed by atoms with Crippen molar-refractivity contribution in [2.75, 3.05) is 24.6 Å². The predicted molar refractivity (Wildman–Crippen MR) is 75.5 cm³/mol. The Morgan fingerprint density at radius 1 is 1.37 bits per heavy atom. The van der Waals surface area contributed by atoms with Crippen molar-refractivity contribution in [1.29, 1.82) is 0 Å². The fourth-order valence-electron chi connectivity index (χ4n) is 1.77. The van der Waals surface area contributed by atoms with Crippen LogP contribution in [0.1, 0.15) is 19.3 Å². The van der Waals surface area contributed by atoms with Gasteiger partial charge in [-0.3, -0.25) is 0 Å². The first-order valence-electron chi connectivity index (χ1n) is 6.51. The van der Waals surface area contributed by atoms with Gasteiger partial charge in [0.05, 0.1) is 5.75 Å². The van der Waals surface area contributed by atoms with Gasteiger partial charge in [-0.25, -0.2) is 13.1 Å². The van der Waals surface area contributed by atoms with E-state index in [2.05, 4.69) is 4.72 Å². The lowest BCUT2D eigenvalue weighted by molar-refractivity contribution is 0.340. The minimum atomic E-state index is -3.24. The third-order valence-electron chi connectivity index (χ3n) is 3.05. The summed E-state index contributed by atoms with van der Waals surface area (Å²) in [5.74, 6) is 1.28. The van der Waals surface area contributed by atoms with Gasteiger partial charge in [-0.05, 0) is 24.5 Å². The SMILES string of the molecule is Nc1cccc(OCCS(=O)(=O)NCCC2CC2)c1. The van der Waals surface area contributed by atoms with Gasteiger partial charge in [-0.15, -0.1) is 0 Å². The molecule has 1 aromatic rings. The molecule has 0 unspecified atom stereocenters. The van der Waals surface area contributed by atoms with E-state index in [1.165, 1.54) is 12.8 Å². The average molecular weight is 284 g/mol. The molecule has 0 aliphatic heterocycles. The maximum absolute atomic E-state index is 11.7. The molecule has 5 nitrogen and oxygen atoms in total. The maximum atomic E-state index is 11.7. The van der Waals surface area contributed by atoms with Gasteiger partial charge >= 0.3 is 0 Å². The van der Waals surface area contributed by atoms with Gasteiger partial charge in [0, 0.05) is 18.3 Å². The summed E-state index contributed by atoms with van der Waals surface area (Å²) in [5, 5.41) is 0. The highest BCUT2D eigenvalue weighted by atomic mass is 32.2. The first kappa shape index (κ1) is 14.1. The molecule has 19 heavy (non-hydrogen) atoms. The summed E-state index contributed by atoms with van der Waals surface area (Å²) in [5.41, 5.74) is 6.21. The van der Waals surface area contributed by atoms with Crippen LogP contribution in [0.5, 0.6) is 5.75 Å². The van der Waals surface area contributed by atoms with Crippen LogP contribution in [0, 0.1) is 5.92 Å². The number of nitrogens with two attached hydrogens (primary N) is 1. The van der Waals surface area contributed by atoms with Crippen LogP contribution in [-0.2, 0) is 10.0 Å². The van der Waals surface area contributed by atoms with E-state index in [1.54, 1.807) is 24.3 Å². The summed E-state index contributed by atoms with van der Waals surface area (Å²) in [6, 6.07) is 6.95. The molecule has 0 radical (unpaired) electrons. The highest BCUT2D eigenvalue weighted by Crippen LogP contribution is 2.31. The van der Waals surface area contributed by atoms with Crippen molar-refractivity contribution >= 4 is 15.7 Å². The van der Waals surface area contributed by atoms with E-state index >= 15 is 0 Å². The van der Waals surface area contributed by atoms with Crippen LogP contribution in [0.4, 0.5) is 5.69 Å². The number of hydrogen-bond donors (Lipinski definition) is 2. The maximum Gasteiger partial charge on any atom is 0.214 e. The molecule has 0 spiro atoms. The van der Waals surface area contributed by atoms with E-state index in [0.29, 0.717) is 18.0 Å². The normalized spacial score (nSPS) is 15.4. The lowest BCUT2D eigenvalue weighted by atomic mass is 10.3. The zero-order valence-corrected chi connectivity index (χ0v) is 11.7. The largest absolute Gasteiger partial charge is 0.492 e. The molecule has 1 saturated carbocycles. The van der Waals surface area contributed by atoms with Gasteiger partial charge in [0.2, 0.25) is 10.0 Å². The summed E-state index contributed by atoms with van der Waals surface area (Å²) >= 11 is 0. The van der Waals surface area contributed by atoms with Crippen molar-refractivity contribution in [3.05, 3.63) is 24.3 Å². The summed E-state index contributed by atoms with van der Waals surface area (Å²) in [7, 11) is -3.24. The first-order chi connectivity index (χ1) is 9.05. The van der Waals surface area contributed by atoms with E-state index in [4.69, 9.17) is 10.5 Å². The van der Waals surface area contributed by atoms with Crippen LogP contribution in [0.3, 0.4) is 0 Å². The number of ether oxygens (including phenoxy) is 1. The Morgan fingerprint density at radius 2 is 2.16 bits per heavy atom. The monoisotopic (exact) mass is 284 g/mol. The molecule has 1 fully saturated rings. The molecule has 1 aliphatic carbocycles. The molecule has 106 valence electrons. The standard InChI is InChI=1S/C13H20N2O3S/c14-12-2-1-3-13(10-12)18-8-9-19(16,17)15-7-6-11-4-5-11/h1-3,10-11,15H,4-9,14H2. The third-order valence-corrected chi connectivity index (χ3v) is 4.40. The first-order valence-corrected chi connectivity index (χ1v) is 8.16. The van der Waals surface area contributed by atoms with E-state index < -0.39 is 10.0 Å². The Bertz CT molecular complexity index is 512. The number of rotatable bonds is 8. The quantitative estimate of drug-likeness (QED) is 0.706. The molecule has 2 rings (SSSR count). The summed E-state index contributed by atoms with van der Waals surface area (Å²) in [4.78, 5) is 0. The number of nitrogen functional groups attached to an aromatic ring is 1. The zero-order chi connectivity index (χ0) is 13.7. The Balaban J connectivity index is 1.68. The molecule has 1 aliphatic rings. The second-order valence-corrected chi connectivity index (χ2v) is 6.79. The van der Waals surface area contributed by atoms with Gasteiger partial charge in [0.15, 0.2) is 0 Å². The molecule has 0 heterocycles. The van der Waals surface area contributed by atoms with Gasteiger partial charge in [-0.1, -0.05) is 18.9 Å². The van der Waals surface area contributed by atoms with Gasteiger partial charge in [0.1, 0.15) is 12.4 Å². The molecule has 0 amide bonds. The Hall–Kier alpha value is -1.27. The Morgan fingerprint density at radius 3 is 2.84 bits per heavy atom. The minimum absolute atomic E-state index is 0.0353. The second-order valence-electron chi connectivity index (χ2n) is 4.87. The lowest BCUT2D eigenvalue weighted by Crippen LogP contribution is -2.30. The van der Waals surface area contributed by atoms with Crippen LogP contribution in [0.25, 0.3) is 0 Å². The highest BCUT2D eigenvalue weighted by molar-refractivity contribution is 7.89. The van der Waals surface area contributed by atoms with Crippen LogP contribution < -0.4 is 15.2 Å². The van der Waals surface area contributed by atoms with Crippen LogP contribution in [0.2, 0.25) is 0 Å². The molecule has 0 saturated heterocycles. The molecule has 0 bridgehead atoms. The number of anilines is 1. The van der Waals surface area contributed by atoms with Gasteiger partial charge in [0.25, 0.3) is 0 Å². The molecule has 1 aromatic carbocycles. The molecule has 3 N–H and O–H groups in total. The Labute approximate surface area is 114 Å². The second kappa shape index (κ2) is 6.25. The van der Waals surface area contributed by atoms with Crippen molar-refractivity contribution < 1.29 is 13.2 Å². The van der Waals surface area contributed by atoms with E-state index in [9.17, 15) is 8.42 Å². The van der Waals surface area contributed by atoms with Crippen molar-refractivity contribution in [3.8, 4) is 5.75 Å². The summed E-state index contributed by atoms with van der Waals surface area (Å²) < 4.78 is 31.3. The highest BCUT2D eigenvalue weighted by Gasteiger charge is 2.21. The Kier molecular flexibility index (Phi) is 4.66. The minimum Gasteiger partial charge on any atom is -0.492 e. The summed E-state index contributed by atoms with van der Waals surface area (Å²) in [6.45, 7) is 0.660. The molecule has 6 heteroatoms. The van der Waals surface area contributed by atoms with Crippen molar-refractivity contribution in [3.63, 3.8) is 0 Å². The van der Waals surface area contributed by atoms with E-state index in [-0.39, 0.29) is 12.4 Å². The van der Waals surface area contributed by atoms with Crippen molar-refractivity contribution in [2.24, 2.45) is 5.92 Å². The van der Waals surface area contributed by atoms with Crippen LogP contribution >= 0.6 is 0 Å². The van der Waals surface area contributed by atoms with Crippen molar-refractivity contribution in [1.82, 2.24) is 4.72 Å². The number of hydrogen-bond acceptors (Lipinski definition) is 4. The fourth-order valence-corrected chi connectivity index (χ4v) is 2.65. The van der Waals surface area contributed by atoms with Crippen LogP contribution in [0.15, 0.2) is 24.3 Å². The van der Waals surface area contributed by atoms with Gasteiger partial charge < -0.3 is 10.5 Å². The number of nitrogens with one attached hydrogen (secondary N) is 1. The molecule has 0 atom stereocenters. The molecular formula is C13H20N2O3S. The molecular weight excluding hydrogens is 264 g/mol. The van der Waals surface area contributed by atoms with Crippen LogP contribution in [-0.4, -0.2) is 27.3 Å². The smallest absolute Gasteiger partial charge is 0.214 e. The zero-order valence-electron chi connectivity index (χ0n) is 10.8. The van der Waals surface area contributed by atoms with Crippen molar-refractivity contribution in [2.45, 2.75) is 19.3 Å². The van der Waals surface area contributed by atoms with E-state index in [1.807, 2.05) is 0 Å².